The summed E-state index contributed by atoms with van der Waals surface area (Å²) in [5.74, 6) is 0. The molecule has 15 heavy (non-hydrogen) atoms. The maximum atomic E-state index is 11.8. The van der Waals surface area contributed by atoms with Crippen molar-refractivity contribution in [3.8, 4) is 0 Å². The van der Waals surface area contributed by atoms with Gasteiger partial charge in [0, 0.05) is 12.3 Å². The standard InChI is InChI=1S/C10H13NO3S/c12-15(13,10-6-7-14-8-10)11-9-4-2-1-3-5-9/h1-5,10-11H,6-8H2. The average Bonchev–Trinajstić information content (AvgIpc) is 2.71. The molecule has 5 heteroatoms. The van der Waals surface area contributed by atoms with Crippen LogP contribution in [0, 0.1) is 0 Å². The van der Waals surface area contributed by atoms with E-state index in [1.165, 1.54) is 0 Å². The molecule has 0 saturated carbocycles. The Labute approximate surface area is 89.3 Å². The Morgan fingerprint density at radius 3 is 2.60 bits per heavy atom. The van der Waals surface area contributed by atoms with E-state index in [9.17, 15) is 8.42 Å². The Morgan fingerprint density at radius 2 is 2.00 bits per heavy atom. The second-order valence-electron chi connectivity index (χ2n) is 3.50. The normalized spacial score (nSPS) is 21.5. The van der Waals surface area contributed by atoms with Crippen molar-refractivity contribution >= 4 is 15.7 Å². The van der Waals surface area contributed by atoms with Crippen LogP contribution in [0.1, 0.15) is 6.42 Å². The van der Waals surface area contributed by atoms with E-state index in [0.717, 1.165) is 0 Å². The molecule has 2 rings (SSSR count). The largest absolute Gasteiger partial charge is 0.380 e. The first-order chi connectivity index (χ1) is 7.18. The van der Waals surface area contributed by atoms with Gasteiger partial charge in [-0.3, -0.25) is 4.72 Å². The molecule has 1 saturated heterocycles. The molecule has 1 fully saturated rings. The van der Waals surface area contributed by atoms with Crippen LogP contribution in [0.25, 0.3) is 0 Å². The molecule has 1 heterocycles. The highest BCUT2D eigenvalue weighted by Gasteiger charge is 2.29. The fourth-order valence-electron chi connectivity index (χ4n) is 1.51. The maximum absolute atomic E-state index is 11.8. The highest BCUT2D eigenvalue weighted by atomic mass is 32.2. The van der Waals surface area contributed by atoms with Crippen molar-refractivity contribution in [2.45, 2.75) is 11.7 Å². The summed E-state index contributed by atoms with van der Waals surface area (Å²) in [5.41, 5.74) is 0.601. The van der Waals surface area contributed by atoms with Crippen LogP contribution in [-0.2, 0) is 14.8 Å². The molecule has 0 aliphatic carbocycles. The Bertz CT molecular complexity index is 410. The third-order valence-corrected chi connectivity index (χ3v) is 4.13. The average molecular weight is 227 g/mol. The monoisotopic (exact) mass is 227 g/mol. The van der Waals surface area contributed by atoms with Crippen molar-refractivity contribution in [1.29, 1.82) is 0 Å². The quantitative estimate of drug-likeness (QED) is 0.844. The van der Waals surface area contributed by atoms with Crippen LogP contribution in [-0.4, -0.2) is 26.9 Å². The Kier molecular flexibility index (Phi) is 2.93. The second-order valence-corrected chi connectivity index (χ2v) is 5.46. The smallest absolute Gasteiger partial charge is 0.237 e. The van der Waals surface area contributed by atoms with Gasteiger partial charge in [-0.2, -0.15) is 0 Å². The molecular weight excluding hydrogens is 214 g/mol. The highest BCUT2D eigenvalue weighted by molar-refractivity contribution is 7.93. The number of anilines is 1. The van der Waals surface area contributed by atoms with Gasteiger partial charge < -0.3 is 4.74 Å². The van der Waals surface area contributed by atoms with Crippen molar-refractivity contribution in [3.05, 3.63) is 30.3 Å². The molecular formula is C10H13NO3S. The summed E-state index contributed by atoms with van der Waals surface area (Å²) < 4.78 is 31.2. The van der Waals surface area contributed by atoms with E-state index in [1.54, 1.807) is 24.3 Å². The number of hydrogen-bond donors (Lipinski definition) is 1. The lowest BCUT2D eigenvalue weighted by atomic mass is 10.3. The minimum atomic E-state index is -3.29. The van der Waals surface area contributed by atoms with Crippen LogP contribution in [0.5, 0.6) is 0 Å². The summed E-state index contributed by atoms with van der Waals surface area (Å²) >= 11 is 0. The molecule has 82 valence electrons. The number of para-hydroxylation sites is 1. The maximum Gasteiger partial charge on any atom is 0.237 e. The van der Waals surface area contributed by atoms with Crippen molar-refractivity contribution in [3.63, 3.8) is 0 Å². The number of sulfonamides is 1. The minimum absolute atomic E-state index is 0.294. The van der Waals surface area contributed by atoms with Gasteiger partial charge in [-0.1, -0.05) is 18.2 Å². The van der Waals surface area contributed by atoms with Crippen LogP contribution in [0.3, 0.4) is 0 Å². The first-order valence-electron chi connectivity index (χ1n) is 4.83. The zero-order valence-corrected chi connectivity index (χ0v) is 9.03. The predicted octanol–water partition coefficient (Wildman–Crippen LogP) is 1.22. The SMILES string of the molecule is O=S(=O)(Nc1ccccc1)C1CCOC1. The summed E-state index contributed by atoms with van der Waals surface area (Å²) in [6.07, 6.45) is 0.572. The van der Waals surface area contributed by atoms with E-state index in [0.29, 0.717) is 25.3 Å². The number of nitrogens with one attached hydrogen (secondary N) is 1. The first kappa shape index (κ1) is 10.4. The predicted molar refractivity (Wildman–Crippen MR) is 58.2 cm³/mol. The van der Waals surface area contributed by atoms with Crippen molar-refractivity contribution in [2.75, 3.05) is 17.9 Å². The molecule has 1 aliphatic rings. The summed E-state index contributed by atoms with van der Waals surface area (Å²) in [6, 6.07) is 8.89. The molecule has 1 atom stereocenters. The Morgan fingerprint density at radius 1 is 1.27 bits per heavy atom. The lowest BCUT2D eigenvalue weighted by molar-refractivity contribution is 0.198. The molecule has 0 radical (unpaired) electrons. The molecule has 1 unspecified atom stereocenters. The van der Waals surface area contributed by atoms with Crippen LogP contribution in [0.4, 0.5) is 5.69 Å². The van der Waals surface area contributed by atoms with Crippen LogP contribution >= 0.6 is 0 Å². The van der Waals surface area contributed by atoms with Gasteiger partial charge in [0.05, 0.1) is 6.61 Å². The van der Waals surface area contributed by atoms with Crippen molar-refractivity contribution in [1.82, 2.24) is 0 Å². The molecule has 0 bridgehead atoms. The van der Waals surface area contributed by atoms with Crippen molar-refractivity contribution in [2.24, 2.45) is 0 Å². The third kappa shape index (κ3) is 2.49. The summed E-state index contributed by atoms with van der Waals surface area (Å²) in [6.45, 7) is 0.822. The van der Waals surface area contributed by atoms with Crippen LogP contribution < -0.4 is 4.72 Å². The Hall–Kier alpha value is -1.07. The van der Waals surface area contributed by atoms with Gasteiger partial charge in [0.15, 0.2) is 0 Å². The van der Waals surface area contributed by atoms with E-state index in [-0.39, 0.29) is 0 Å². The van der Waals surface area contributed by atoms with Crippen LogP contribution in [0.15, 0.2) is 30.3 Å². The minimum Gasteiger partial charge on any atom is -0.380 e. The summed E-state index contributed by atoms with van der Waals surface area (Å²) in [4.78, 5) is 0. The van der Waals surface area contributed by atoms with Gasteiger partial charge in [-0.05, 0) is 18.6 Å². The zero-order valence-electron chi connectivity index (χ0n) is 8.22. The zero-order chi connectivity index (χ0) is 10.7. The van der Waals surface area contributed by atoms with E-state index in [4.69, 9.17) is 4.74 Å². The van der Waals surface area contributed by atoms with Gasteiger partial charge in [-0.25, -0.2) is 8.42 Å². The van der Waals surface area contributed by atoms with Crippen molar-refractivity contribution < 1.29 is 13.2 Å². The van der Waals surface area contributed by atoms with Gasteiger partial charge in [0.25, 0.3) is 0 Å². The van der Waals surface area contributed by atoms with E-state index >= 15 is 0 Å². The molecule has 1 aromatic carbocycles. The molecule has 0 spiro atoms. The lowest BCUT2D eigenvalue weighted by Gasteiger charge is -2.11. The fraction of sp³-hybridized carbons (Fsp3) is 0.400. The first-order valence-corrected chi connectivity index (χ1v) is 6.37. The summed E-state index contributed by atoms with van der Waals surface area (Å²) in [5, 5.41) is -0.419. The van der Waals surface area contributed by atoms with E-state index < -0.39 is 15.3 Å². The van der Waals surface area contributed by atoms with E-state index in [1.807, 2.05) is 6.07 Å². The topological polar surface area (TPSA) is 55.4 Å². The molecule has 1 N–H and O–H groups in total. The van der Waals surface area contributed by atoms with Gasteiger partial charge >= 0.3 is 0 Å². The second kappa shape index (κ2) is 4.20. The summed E-state index contributed by atoms with van der Waals surface area (Å²) in [7, 11) is -3.29. The highest BCUT2D eigenvalue weighted by Crippen LogP contribution is 2.17. The fourth-order valence-corrected chi connectivity index (χ4v) is 2.82. The molecule has 4 nitrogen and oxygen atoms in total. The lowest BCUT2D eigenvalue weighted by Crippen LogP contribution is -2.27. The van der Waals surface area contributed by atoms with Crippen LogP contribution in [0.2, 0.25) is 0 Å². The number of rotatable bonds is 3. The molecule has 0 aromatic heterocycles. The van der Waals surface area contributed by atoms with Gasteiger partial charge in [0.2, 0.25) is 10.0 Å². The van der Waals surface area contributed by atoms with Gasteiger partial charge in [-0.15, -0.1) is 0 Å². The number of benzene rings is 1. The Balaban J connectivity index is 2.11. The number of ether oxygens (including phenoxy) is 1. The number of hydrogen-bond acceptors (Lipinski definition) is 3. The third-order valence-electron chi connectivity index (χ3n) is 2.36. The molecule has 1 aliphatic heterocycles. The van der Waals surface area contributed by atoms with E-state index in [2.05, 4.69) is 4.72 Å². The molecule has 0 amide bonds. The van der Waals surface area contributed by atoms with Gasteiger partial charge in [0.1, 0.15) is 5.25 Å². The molecule has 1 aromatic rings.